The Hall–Kier alpha value is -2.37. The molecule has 3 rings (SSSR count). The topological polar surface area (TPSA) is 78.5 Å². The molecule has 0 bridgehead atoms. The van der Waals surface area contributed by atoms with E-state index in [1.54, 1.807) is 23.1 Å². The second-order valence-corrected chi connectivity index (χ2v) is 5.98. The summed E-state index contributed by atoms with van der Waals surface area (Å²) in [4.78, 5) is 37.4. The first-order valence-corrected chi connectivity index (χ1v) is 7.56. The zero-order chi connectivity index (χ0) is 15.7. The van der Waals surface area contributed by atoms with Crippen LogP contribution in [0.3, 0.4) is 0 Å². The van der Waals surface area contributed by atoms with Crippen molar-refractivity contribution in [2.75, 3.05) is 18.4 Å². The van der Waals surface area contributed by atoms with E-state index < -0.39 is 11.8 Å². The Morgan fingerprint density at radius 3 is 2.73 bits per heavy atom. The lowest BCUT2D eigenvalue weighted by Gasteiger charge is -2.29. The third-order valence-electron chi connectivity index (χ3n) is 4.32. The summed E-state index contributed by atoms with van der Waals surface area (Å²) < 4.78 is 0. The predicted molar refractivity (Wildman–Crippen MR) is 81.2 cm³/mol. The van der Waals surface area contributed by atoms with Crippen molar-refractivity contribution in [3.05, 3.63) is 29.3 Å². The summed E-state index contributed by atoms with van der Waals surface area (Å²) in [5, 5.41) is 5.31. The number of nitrogens with zero attached hydrogens (tertiary/aromatic N) is 1. The highest BCUT2D eigenvalue weighted by atomic mass is 16.2. The van der Waals surface area contributed by atoms with Gasteiger partial charge in [-0.2, -0.15) is 0 Å². The monoisotopic (exact) mass is 301 g/mol. The number of benzene rings is 1. The van der Waals surface area contributed by atoms with E-state index in [2.05, 4.69) is 17.6 Å². The quantitative estimate of drug-likeness (QED) is 0.763. The van der Waals surface area contributed by atoms with Crippen molar-refractivity contribution in [2.45, 2.75) is 26.3 Å². The van der Waals surface area contributed by atoms with E-state index in [-0.39, 0.29) is 5.91 Å². The highest BCUT2D eigenvalue weighted by Gasteiger charge is 2.26. The standard InChI is InChI=1S/C16H19N3O3/c1-10-4-6-19(7-5-10)16(22)15(21)18-12-3-2-11-9-17-14(20)13(11)8-12/h2-3,8,10H,4-7,9H2,1H3,(H,17,20)(H,18,21). The summed E-state index contributed by atoms with van der Waals surface area (Å²) in [7, 11) is 0. The van der Waals surface area contributed by atoms with Gasteiger partial charge < -0.3 is 15.5 Å². The van der Waals surface area contributed by atoms with E-state index in [4.69, 9.17) is 0 Å². The lowest BCUT2D eigenvalue weighted by atomic mass is 9.99. The lowest BCUT2D eigenvalue weighted by molar-refractivity contribution is -0.144. The Morgan fingerprint density at radius 2 is 2.00 bits per heavy atom. The zero-order valence-electron chi connectivity index (χ0n) is 12.5. The predicted octanol–water partition coefficient (Wildman–Crippen LogP) is 1.13. The number of hydrogen-bond donors (Lipinski definition) is 2. The van der Waals surface area contributed by atoms with Crippen molar-refractivity contribution in [2.24, 2.45) is 5.92 Å². The fourth-order valence-corrected chi connectivity index (χ4v) is 2.83. The van der Waals surface area contributed by atoms with Gasteiger partial charge in [-0.25, -0.2) is 0 Å². The molecule has 0 radical (unpaired) electrons. The first-order valence-electron chi connectivity index (χ1n) is 7.56. The first kappa shape index (κ1) is 14.6. The van der Waals surface area contributed by atoms with Crippen molar-refractivity contribution >= 4 is 23.4 Å². The molecule has 1 fully saturated rings. The largest absolute Gasteiger partial charge is 0.348 e. The Bertz CT molecular complexity index is 634. The van der Waals surface area contributed by atoms with E-state index >= 15 is 0 Å². The van der Waals surface area contributed by atoms with Gasteiger partial charge in [0, 0.05) is 30.9 Å². The van der Waals surface area contributed by atoms with Crippen molar-refractivity contribution in [1.29, 1.82) is 0 Å². The van der Waals surface area contributed by atoms with Crippen LogP contribution in [-0.2, 0) is 16.1 Å². The molecule has 2 N–H and O–H groups in total. The summed E-state index contributed by atoms with van der Waals surface area (Å²) in [5.74, 6) is -0.700. The molecular weight excluding hydrogens is 282 g/mol. The van der Waals surface area contributed by atoms with Crippen molar-refractivity contribution in [3.63, 3.8) is 0 Å². The fraction of sp³-hybridized carbons (Fsp3) is 0.438. The van der Waals surface area contributed by atoms with E-state index in [1.165, 1.54) is 0 Å². The maximum absolute atomic E-state index is 12.1. The van der Waals surface area contributed by atoms with Crippen LogP contribution in [-0.4, -0.2) is 35.7 Å². The van der Waals surface area contributed by atoms with Gasteiger partial charge in [0.2, 0.25) is 0 Å². The van der Waals surface area contributed by atoms with Gasteiger partial charge in [-0.1, -0.05) is 13.0 Å². The Kier molecular flexibility index (Phi) is 3.83. The molecule has 6 nitrogen and oxygen atoms in total. The van der Waals surface area contributed by atoms with E-state index in [9.17, 15) is 14.4 Å². The SMILES string of the molecule is CC1CCN(C(=O)C(=O)Nc2ccc3c(c2)C(=O)NC3)CC1. The van der Waals surface area contributed by atoms with E-state index in [0.29, 0.717) is 36.8 Å². The summed E-state index contributed by atoms with van der Waals surface area (Å²) in [5.41, 5.74) is 1.93. The minimum atomic E-state index is -0.645. The lowest BCUT2D eigenvalue weighted by Crippen LogP contribution is -2.43. The molecule has 0 saturated carbocycles. The Labute approximate surface area is 128 Å². The smallest absolute Gasteiger partial charge is 0.313 e. The average molecular weight is 301 g/mol. The number of amides is 3. The summed E-state index contributed by atoms with van der Waals surface area (Å²) in [6.07, 6.45) is 1.86. The van der Waals surface area contributed by atoms with E-state index in [0.717, 1.165) is 18.4 Å². The molecule has 0 aliphatic carbocycles. The molecule has 1 aromatic carbocycles. The molecule has 3 amide bonds. The average Bonchev–Trinajstić information content (AvgIpc) is 2.88. The number of carbonyl (C=O) groups is 3. The van der Waals surface area contributed by atoms with Crippen molar-refractivity contribution in [1.82, 2.24) is 10.2 Å². The number of nitrogens with one attached hydrogen (secondary N) is 2. The minimum absolute atomic E-state index is 0.151. The molecule has 1 saturated heterocycles. The maximum atomic E-state index is 12.1. The third-order valence-corrected chi connectivity index (χ3v) is 4.32. The van der Waals surface area contributed by atoms with Crippen LogP contribution in [0.15, 0.2) is 18.2 Å². The minimum Gasteiger partial charge on any atom is -0.348 e. The number of rotatable bonds is 1. The molecule has 0 unspecified atom stereocenters. The van der Waals surface area contributed by atoms with Gasteiger partial charge in [0.1, 0.15) is 0 Å². The second kappa shape index (κ2) is 5.79. The van der Waals surface area contributed by atoms with Gasteiger partial charge in [-0.15, -0.1) is 0 Å². The van der Waals surface area contributed by atoms with Crippen LogP contribution in [0.2, 0.25) is 0 Å². The number of fused-ring (bicyclic) bond motifs is 1. The third kappa shape index (κ3) is 2.81. The van der Waals surface area contributed by atoms with Gasteiger partial charge in [0.25, 0.3) is 5.91 Å². The van der Waals surface area contributed by atoms with Gasteiger partial charge >= 0.3 is 11.8 Å². The fourth-order valence-electron chi connectivity index (χ4n) is 2.83. The molecule has 1 aromatic rings. The van der Waals surface area contributed by atoms with Crippen LogP contribution in [0, 0.1) is 5.92 Å². The van der Waals surface area contributed by atoms with Crippen LogP contribution in [0.5, 0.6) is 0 Å². The number of piperidine rings is 1. The molecule has 6 heteroatoms. The molecule has 0 spiro atoms. The van der Waals surface area contributed by atoms with Gasteiger partial charge in [-0.05, 0) is 36.5 Å². The van der Waals surface area contributed by atoms with Crippen LogP contribution in [0.25, 0.3) is 0 Å². The van der Waals surface area contributed by atoms with Crippen molar-refractivity contribution in [3.8, 4) is 0 Å². The molecule has 2 aliphatic rings. The van der Waals surface area contributed by atoms with Crippen LogP contribution in [0.1, 0.15) is 35.7 Å². The second-order valence-electron chi connectivity index (χ2n) is 5.98. The molecule has 22 heavy (non-hydrogen) atoms. The molecule has 0 aromatic heterocycles. The summed E-state index contributed by atoms with van der Waals surface area (Å²) >= 11 is 0. The highest BCUT2D eigenvalue weighted by molar-refractivity contribution is 6.39. The Morgan fingerprint density at radius 1 is 1.27 bits per heavy atom. The van der Waals surface area contributed by atoms with Gasteiger partial charge in [0.15, 0.2) is 0 Å². The number of anilines is 1. The maximum Gasteiger partial charge on any atom is 0.313 e. The van der Waals surface area contributed by atoms with E-state index in [1.807, 2.05) is 0 Å². The summed E-state index contributed by atoms with van der Waals surface area (Å²) in [6, 6.07) is 5.11. The number of hydrogen-bond acceptors (Lipinski definition) is 3. The normalized spacial score (nSPS) is 17.9. The van der Waals surface area contributed by atoms with Crippen LogP contribution >= 0.6 is 0 Å². The van der Waals surface area contributed by atoms with Crippen LogP contribution in [0.4, 0.5) is 5.69 Å². The molecule has 116 valence electrons. The van der Waals surface area contributed by atoms with Gasteiger partial charge in [-0.3, -0.25) is 14.4 Å². The number of carbonyl (C=O) groups excluding carboxylic acids is 3. The van der Waals surface area contributed by atoms with Gasteiger partial charge in [0.05, 0.1) is 0 Å². The summed E-state index contributed by atoms with van der Waals surface area (Å²) in [6.45, 7) is 3.91. The molecule has 0 atom stereocenters. The molecular formula is C16H19N3O3. The highest BCUT2D eigenvalue weighted by Crippen LogP contribution is 2.20. The Balaban J connectivity index is 1.65. The molecule has 2 heterocycles. The molecule has 2 aliphatic heterocycles. The zero-order valence-corrected chi connectivity index (χ0v) is 12.5. The first-order chi connectivity index (χ1) is 10.5. The number of likely N-dealkylation sites (tertiary alicyclic amines) is 1. The van der Waals surface area contributed by atoms with Crippen LogP contribution < -0.4 is 10.6 Å². The van der Waals surface area contributed by atoms with Crippen molar-refractivity contribution < 1.29 is 14.4 Å².